The molecule has 0 bridgehead atoms. The Kier molecular flexibility index (Phi) is 7.04. The Labute approximate surface area is 185 Å². The van der Waals surface area contributed by atoms with Gasteiger partial charge in [0.2, 0.25) is 11.8 Å². The molecule has 1 aliphatic rings. The normalized spacial score (nSPS) is 15.9. The van der Waals surface area contributed by atoms with Gasteiger partial charge in [-0.1, -0.05) is 31.2 Å². The number of aryl methyl sites for hydroxylation is 1. The van der Waals surface area contributed by atoms with Gasteiger partial charge in [-0.3, -0.25) is 14.4 Å². The van der Waals surface area contributed by atoms with Crippen molar-refractivity contribution in [2.75, 3.05) is 12.0 Å². The summed E-state index contributed by atoms with van der Waals surface area (Å²) in [5.74, 6) is -2.26. The van der Waals surface area contributed by atoms with Crippen molar-refractivity contribution >= 4 is 29.4 Å². The van der Waals surface area contributed by atoms with Crippen LogP contribution in [0.25, 0.3) is 0 Å². The third-order valence-electron chi connectivity index (χ3n) is 5.27. The Hall–Kier alpha value is -3.94. The molecule has 0 aromatic heterocycles. The molecule has 0 saturated carbocycles. The van der Waals surface area contributed by atoms with Crippen LogP contribution in [0.1, 0.15) is 24.5 Å². The van der Waals surface area contributed by atoms with Crippen LogP contribution in [-0.2, 0) is 32.1 Å². The summed E-state index contributed by atoms with van der Waals surface area (Å²) >= 11 is 0. The number of rotatable bonds is 8. The molecule has 8 heteroatoms. The van der Waals surface area contributed by atoms with Gasteiger partial charge in [0.1, 0.15) is 11.8 Å². The molecule has 1 saturated heterocycles. The standard InChI is InChI=1S/C24H24N2O6/c1-3-16-4-8-18(9-5-16)26-22(28)14-20(24(26)31)25(21(27)12-13-23(29)30)15-17-6-10-19(32-2)11-7-17/h4-13,20H,3,14-15H2,1-2H3,(H,29,30)/b13-12+. The van der Waals surface area contributed by atoms with E-state index in [1.807, 2.05) is 19.1 Å². The van der Waals surface area contributed by atoms with Crippen molar-refractivity contribution < 1.29 is 29.0 Å². The number of carboxylic acid groups (broad SMARTS) is 1. The highest BCUT2D eigenvalue weighted by molar-refractivity contribution is 6.23. The van der Waals surface area contributed by atoms with Gasteiger partial charge in [-0.25, -0.2) is 9.69 Å². The first-order chi connectivity index (χ1) is 15.3. The lowest BCUT2D eigenvalue weighted by atomic mass is 10.1. The van der Waals surface area contributed by atoms with Crippen LogP contribution in [0.4, 0.5) is 5.69 Å². The van der Waals surface area contributed by atoms with Gasteiger partial charge >= 0.3 is 5.97 Å². The van der Waals surface area contributed by atoms with Gasteiger partial charge in [0.25, 0.3) is 5.91 Å². The van der Waals surface area contributed by atoms with Gasteiger partial charge in [-0.2, -0.15) is 0 Å². The molecule has 1 fully saturated rings. The molecule has 0 spiro atoms. The summed E-state index contributed by atoms with van der Waals surface area (Å²) in [6, 6.07) is 13.0. The van der Waals surface area contributed by atoms with Gasteiger partial charge in [0, 0.05) is 18.7 Å². The van der Waals surface area contributed by atoms with E-state index >= 15 is 0 Å². The van der Waals surface area contributed by atoms with Crippen LogP contribution in [0.5, 0.6) is 5.75 Å². The Morgan fingerprint density at radius 3 is 2.25 bits per heavy atom. The summed E-state index contributed by atoms with van der Waals surface area (Å²) in [4.78, 5) is 51.9. The average Bonchev–Trinajstić information content (AvgIpc) is 3.09. The smallest absolute Gasteiger partial charge is 0.328 e. The SMILES string of the molecule is CCc1ccc(N2C(=O)CC(N(Cc3ccc(OC)cc3)C(=O)/C=C/C(=O)O)C2=O)cc1. The quantitative estimate of drug-likeness (QED) is 0.504. The van der Waals surface area contributed by atoms with Crippen molar-refractivity contribution in [2.45, 2.75) is 32.4 Å². The minimum Gasteiger partial charge on any atom is -0.497 e. The Balaban J connectivity index is 1.90. The molecule has 1 atom stereocenters. The molecule has 2 aromatic carbocycles. The first kappa shape index (κ1) is 22.7. The van der Waals surface area contributed by atoms with Gasteiger partial charge in [0.15, 0.2) is 0 Å². The lowest BCUT2D eigenvalue weighted by Gasteiger charge is -2.27. The first-order valence-electron chi connectivity index (χ1n) is 10.1. The van der Waals surface area contributed by atoms with Crippen molar-refractivity contribution in [2.24, 2.45) is 0 Å². The molecule has 32 heavy (non-hydrogen) atoms. The van der Waals surface area contributed by atoms with Gasteiger partial charge in [-0.15, -0.1) is 0 Å². The number of carbonyl (C=O) groups excluding carboxylic acids is 3. The third-order valence-corrected chi connectivity index (χ3v) is 5.27. The van der Waals surface area contributed by atoms with E-state index in [0.717, 1.165) is 23.0 Å². The molecular weight excluding hydrogens is 412 g/mol. The summed E-state index contributed by atoms with van der Waals surface area (Å²) in [6.45, 7) is 2.03. The molecule has 2 aromatic rings. The summed E-state index contributed by atoms with van der Waals surface area (Å²) in [5, 5.41) is 8.88. The second-order valence-corrected chi connectivity index (χ2v) is 7.29. The molecule has 0 aliphatic carbocycles. The lowest BCUT2D eigenvalue weighted by molar-refractivity contribution is -0.135. The zero-order valence-electron chi connectivity index (χ0n) is 17.9. The maximum atomic E-state index is 13.2. The predicted molar refractivity (Wildman–Crippen MR) is 117 cm³/mol. The van der Waals surface area contributed by atoms with Crippen LogP contribution < -0.4 is 9.64 Å². The maximum absolute atomic E-state index is 13.2. The first-order valence-corrected chi connectivity index (χ1v) is 10.1. The van der Waals surface area contributed by atoms with Gasteiger partial charge < -0.3 is 14.7 Å². The minimum absolute atomic E-state index is 0.0269. The summed E-state index contributed by atoms with van der Waals surface area (Å²) in [7, 11) is 1.53. The topological polar surface area (TPSA) is 104 Å². The number of methoxy groups -OCH3 is 1. The van der Waals surface area contributed by atoms with E-state index in [1.165, 1.54) is 12.0 Å². The number of carbonyl (C=O) groups is 4. The number of amides is 3. The van der Waals surface area contributed by atoms with Crippen molar-refractivity contribution in [3.63, 3.8) is 0 Å². The van der Waals surface area contributed by atoms with Crippen molar-refractivity contribution in [1.29, 1.82) is 0 Å². The monoisotopic (exact) mass is 436 g/mol. The highest BCUT2D eigenvalue weighted by Crippen LogP contribution is 2.27. The number of hydrogen-bond acceptors (Lipinski definition) is 5. The maximum Gasteiger partial charge on any atom is 0.328 e. The molecule has 1 N–H and O–H groups in total. The van der Waals surface area contributed by atoms with E-state index in [-0.39, 0.29) is 13.0 Å². The molecule has 3 rings (SSSR count). The van der Waals surface area contributed by atoms with E-state index < -0.39 is 29.7 Å². The number of benzene rings is 2. The highest BCUT2D eigenvalue weighted by Gasteiger charge is 2.44. The van der Waals surface area contributed by atoms with E-state index in [9.17, 15) is 19.2 Å². The second kappa shape index (κ2) is 9.91. The highest BCUT2D eigenvalue weighted by atomic mass is 16.5. The Bertz CT molecular complexity index is 1040. The molecule has 3 amide bonds. The molecule has 1 heterocycles. The van der Waals surface area contributed by atoms with Crippen LogP contribution >= 0.6 is 0 Å². The fourth-order valence-electron chi connectivity index (χ4n) is 3.52. The van der Waals surface area contributed by atoms with Crippen LogP contribution in [-0.4, -0.2) is 46.8 Å². The Morgan fingerprint density at radius 2 is 1.69 bits per heavy atom. The van der Waals surface area contributed by atoms with Crippen LogP contribution in [0.3, 0.4) is 0 Å². The van der Waals surface area contributed by atoms with Crippen molar-refractivity contribution in [3.8, 4) is 5.75 Å². The second-order valence-electron chi connectivity index (χ2n) is 7.29. The Morgan fingerprint density at radius 1 is 1.06 bits per heavy atom. The molecule has 8 nitrogen and oxygen atoms in total. The number of aliphatic carboxylic acids is 1. The zero-order chi connectivity index (χ0) is 23.3. The minimum atomic E-state index is -1.28. The molecule has 166 valence electrons. The molecule has 0 radical (unpaired) electrons. The average molecular weight is 436 g/mol. The number of imide groups is 1. The molecule has 1 unspecified atom stereocenters. The summed E-state index contributed by atoms with van der Waals surface area (Å²) < 4.78 is 5.13. The number of carboxylic acids is 1. The summed E-state index contributed by atoms with van der Waals surface area (Å²) in [5.41, 5.74) is 2.21. The fourth-order valence-corrected chi connectivity index (χ4v) is 3.52. The molecular formula is C24H24N2O6. The molecule has 1 aliphatic heterocycles. The summed E-state index contributed by atoms with van der Waals surface area (Å²) in [6.07, 6.45) is 2.25. The predicted octanol–water partition coefficient (Wildman–Crippen LogP) is 2.56. The lowest BCUT2D eigenvalue weighted by Crippen LogP contribution is -2.44. The van der Waals surface area contributed by atoms with E-state index in [0.29, 0.717) is 23.1 Å². The van der Waals surface area contributed by atoms with E-state index in [2.05, 4.69) is 0 Å². The number of hydrogen-bond donors (Lipinski definition) is 1. The van der Waals surface area contributed by atoms with Gasteiger partial charge in [-0.05, 0) is 41.8 Å². The third kappa shape index (κ3) is 5.03. The van der Waals surface area contributed by atoms with Crippen LogP contribution in [0, 0.1) is 0 Å². The number of anilines is 1. The van der Waals surface area contributed by atoms with Crippen LogP contribution in [0.15, 0.2) is 60.7 Å². The number of ether oxygens (including phenoxy) is 1. The van der Waals surface area contributed by atoms with Crippen LogP contribution in [0.2, 0.25) is 0 Å². The van der Waals surface area contributed by atoms with E-state index in [4.69, 9.17) is 9.84 Å². The largest absolute Gasteiger partial charge is 0.497 e. The fraction of sp³-hybridized carbons (Fsp3) is 0.250. The van der Waals surface area contributed by atoms with Crippen molar-refractivity contribution in [1.82, 2.24) is 4.90 Å². The van der Waals surface area contributed by atoms with E-state index in [1.54, 1.807) is 36.4 Å². The van der Waals surface area contributed by atoms with Crippen molar-refractivity contribution in [3.05, 3.63) is 71.8 Å². The zero-order valence-corrected chi connectivity index (χ0v) is 17.9. The number of nitrogens with zero attached hydrogens (tertiary/aromatic N) is 2. The van der Waals surface area contributed by atoms with Gasteiger partial charge in [0.05, 0.1) is 19.2 Å².